The lowest BCUT2D eigenvalue weighted by molar-refractivity contribution is -0.152. The van der Waals surface area contributed by atoms with Gasteiger partial charge in [0, 0.05) is 18.2 Å². The van der Waals surface area contributed by atoms with Crippen molar-refractivity contribution < 1.29 is 29.0 Å². The van der Waals surface area contributed by atoms with Crippen LogP contribution in [0, 0.1) is 5.41 Å². The molecule has 1 amide bonds. The number of aliphatic hydroxyl groups excluding tert-OH is 1. The van der Waals surface area contributed by atoms with E-state index in [0.717, 1.165) is 0 Å². The third-order valence-corrected chi connectivity index (χ3v) is 3.33. The van der Waals surface area contributed by atoms with Crippen LogP contribution in [0.1, 0.15) is 38.4 Å². The Kier molecular flexibility index (Phi) is 8.36. The van der Waals surface area contributed by atoms with Crippen molar-refractivity contribution in [2.24, 2.45) is 0 Å². The van der Waals surface area contributed by atoms with Gasteiger partial charge < -0.3 is 25.3 Å². The highest BCUT2D eigenvalue weighted by atomic mass is 16.5. The number of aromatic nitrogens is 1. The van der Waals surface area contributed by atoms with E-state index in [4.69, 9.17) is 14.9 Å². The molecule has 0 aliphatic heterocycles. The number of ketones is 1. The van der Waals surface area contributed by atoms with Crippen LogP contribution in [0.15, 0.2) is 18.5 Å². The molecule has 0 bridgehead atoms. The van der Waals surface area contributed by atoms with Crippen molar-refractivity contribution in [2.75, 3.05) is 7.11 Å². The van der Waals surface area contributed by atoms with E-state index < -0.39 is 35.9 Å². The summed E-state index contributed by atoms with van der Waals surface area (Å²) in [6, 6.07) is 0.319. The van der Waals surface area contributed by atoms with E-state index in [1.54, 1.807) is 13.8 Å². The zero-order valence-electron chi connectivity index (χ0n) is 14.9. The minimum absolute atomic E-state index is 0.0470. The Morgan fingerprint density at radius 3 is 2.62 bits per heavy atom. The molecular formula is C17H23N3O6. The van der Waals surface area contributed by atoms with Gasteiger partial charge >= 0.3 is 5.97 Å². The van der Waals surface area contributed by atoms with E-state index >= 15 is 0 Å². The fourth-order valence-electron chi connectivity index (χ4n) is 2.02. The largest absolute Gasteiger partial charge is 0.495 e. The van der Waals surface area contributed by atoms with Gasteiger partial charge in [-0.05, 0) is 26.3 Å². The average molecular weight is 365 g/mol. The molecule has 0 fully saturated rings. The number of rotatable bonds is 10. The third kappa shape index (κ3) is 6.60. The molecule has 2 atom stereocenters. The molecule has 142 valence electrons. The maximum Gasteiger partial charge on any atom is 0.328 e. The Balaban J connectivity index is 2.85. The number of amides is 1. The molecule has 0 aromatic carbocycles. The molecule has 1 rings (SSSR count). The number of methoxy groups -OCH3 is 1. The van der Waals surface area contributed by atoms with Gasteiger partial charge in [0.25, 0.3) is 5.91 Å². The predicted molar refractivity (Wildman–Crippen MR) is 91.9 cm³/mol. The second kappa shape index (κ2) is 10.2. The van der Waals surface area contributed by atoms with Crippen molar-refractivity contribution in [1.82, 2.24) is 10.3 Å². The number of ether oxygens (including phenoxy) is 2. The molecule has 9 heteroatoms. The lowest BCUT2D eigenvalue weighted by atomic mass is 10.1. The molecule has 1 aromatic heterocycles. The molecule has 0 aliphatic rings. The number of Topliss-reactive ketones (excluding diaryl/α,β-unsaturated/α-hetero) is 1. The molecule has 0 spiro atoms. The number of pyridine rings is 1. The van der Waals surface area contributed by atoms with Gasteiger partial charge in [-0.3, -0.25) is 14.6 Å². The maximum absolute atomic E-state index is 12.3. The summed E-state index contributed by atoms with van der Waals surface area (Å²) in [6.45, 7) is 3.30. The van der Waals surface area contributed by atoms with E-state index in [1.807, 2.05) is 0 Å². The predicted octanol–water partition coefficient (Wildman–Crippen LogP) is 0.559. The average Bonchev–Trinajstić information content (AvgIpc) is 2.63. The van der Waals surface area contributed by atoms with Crippen molar-refractivity contribution in [1.29, 1.82) is 5.41 Å². The Bertz CT molecular complexity index is 662. The Hall–Kier alpha value is -2.81. The summed E-state index contributed by atoms with van der Waals surface area (Å²) in [4.78, 5) is 39.6. The molecule has 0 saturated heterocycles. The summed E-state index contributed by atoms with van der Waals surface area (Å²) >= 11 is 0. The van der Waals surface area contributed by atoms with E-state index in [9.17, 15) is 19.5 Å². The summed E-state index contributed by atoms with van der Waals surface area (Å²) in [5.74, 6) is -1.68. The summed E-state index contributed by atoms with van der Waals surface area (Å²) in [5.41, 5.74) is 0.188. The monoisotopic (exact) mass is 365 g/mol. The first-order valence-electron chi connectivity index (χ1n) is 7.99. The number of nitrogens with one attached hydrogen (secondary N) is 2. The quantitative estimate of drug-likeness (QED) is 0.407. The molecule has 0 aliphatic carbocycles. The van der Waals surface area contributed by atoms with E-state index in [0.29, 0.717) is 12.0 Å². The zero-order valence-corrected chi connectivity index (χ0v) is 14.9. The standard InChI is InChI=1S/C17H23N3O6/c1-10(2)26-17(24)14(5-4-12(21)7-18)20-16(23)15(22)11-6-13(25-3)9-19-8-11/h6-10,14-15,18,22H,4-5H2,1-3H3,(H,20,23)/t14-,15+/m0/s1. The first-order chi connectivity index (χ1) is 12.3. The highest BCUT2D eigenvalue weighted by molar-refractivity contribution is 6.26. The van der Waals surface area contributed by atoms with Crippen LogP contribution >= 0.6 is 0 Å². The fraction of sp³-hybridized carbons (Fsp3) is 0.471. The summed E-state index contributed by atoms with van der Waals surface area (Å²) in [6.07, 6.45) is 1.21. The normalized spacial score (nSPS) is 12.8. The number of aliphatic hydroxyl groups is 1. The maximum atomic E-state index is 12.3. The van der Waals surface area contributed by atoms with Crippen molar-refractivity contribution in [3.8, 4) is 5.75 Å². The Morgan fingerprint density at radius 1 is 1.35 bits per heavy atom. The van der Waals surface area contributed by atoms with Gasteiger partial charge in [-0.2, -0.15) is 0 Å². The van der Waals surface area contributed by atoms with Crippen LogP contribution in [0.25, 0.3) is 0 Å². The molecule has 9 nitrogen and oxygen atoms in total. The zero-order chi connectivity index (χ0) is 19.7. The summed E-state index contributed by atoms with van der Waals surface area (Å²) in [7, 11) is 1.42. The molecule has 26 heavy (non-hydrogen) atoms. The minimum Gasteiger partial charge on any atom is -0.495 e. The van der Waals surface area contributed by atoms with Gasteiger partial charge in [0.2, 0.25) is 0 Å². The van der Waals surface area contributed by atoms with Gasteiger partial charge in [-0.25, -0.2) is 4.79 Å². The SMILES string of the molecule is COc1cncc([C@@H](O)C(=O)N[C@@H](CCC(=O)C=N)C(=O)OC(C)C)c1. The van der Waals surface area contributed by atoms with E-state index in [2.05, 4.69) is 10.3 Å². The second-order valence-corrected chi connectivity index (χ2v) is 5.76. The topological polar surface area (TPSA) is 139 Å². The van der Waals surface area contributed by atoms with Crippen molar-refractivity contribution in [2.45, 2.75) is 44.9 Å². The number of carbonyl (C=O) groups excluding carboxylic acids is 3. The van der Waals surface area contributed by atoms with E-state index in [-0.39, 0.29) is 18.4 Å². The number of nitrogens with zero attached hydrogens (tertiary/aromatic N) is 1. The van der Waals surface area contributed by atoms with Crippen molar-refractivity contribution in [3.63, 3.8) is 0 Å². The number of esters is 1. The van der Waals surface area contributed by atoms with Crippen LogP contribution in [0.5, 0.6) is 5.75 Å². The van der Waals surface area contributed by atoms with Crippen LogP contribution in [0.3, 0.4) is 0 Å². The third-order valence-electron chi connectivity index (χ3n) is 3.33. The van der Waals surface area contributed by atoms with Gasteiger partial charge in [0.05, 0.1) is 25.6 Å². The Labute approximate surface area is 151 Å². The van der Waals surface area contributed by atoms with Gasteiger partial charge in [0.1, 0.15) is 11.8 Å². The van der Waals surface area contributed by atoms with Crippen LogP contribution < -0.4 is 10.1 Å². The Morgan fingerprint density at radius 2 is 2.04 bits per heavy atom. The lowest BCUT2D eigenvalue weighted by Gasteiger charge is -2.20. The number of hydrogen-bond donors (Lipinski definition) is 3. The number of carbonyl (C=O) groups is 3. The fourth-order valence-corrected chi connectivity index (χ4v) is 2.02. The van der Waals surface area contributed by atoms with Gasteiger partial charge in [0.15, 0.2) is 11.9 Å². The summed E-state index contributed by atoms with van der Waals surface area (Å²) < 4.78 is 10.1. The summed E-state index contributed by atoms with van der Waals surface area (Å²) in [5, 5.41) is 19.5. The smallest absolute Gasteiger partial charge is 0.328 e. The van der Waals surface area contributed by atoms with Crippen LogP contribution in [0.2, 0.25) is 0 Å². The van der Waals surface area contributed by atoms with Crippen LogP contribution in [-0.2, 0) is 19.1 Å². The highest BCUT2D eigenvalue weighted by Crippen LogP contribution is 2.18. The highest BCUT2D eigenvalue weighted by Gasteiger charge is 2.27. The first kappa shape index (κ1) is 21.2. The van der Waals surface area contributed by atoms with Gasteiger partial charge in [-0.15, -0.1) is 0 Å². The molecule has 0 radical (unpaired) electrons. The molecular weight excluding hydrogens is 342 g/mol. The lowest BCUT2D eigenvalue weighted by Crippen LogP contribution is -2.44. The second-order valence-electron chi connectivity index (χ2n) is 5.76. The molecule has 0 saturated carbocycles. The minimum atomic E-state index is -1.58. The van der Waals surface area contributed by atoms with E-state index in [1.165, 1.54) is 25.6 Å². The van der Waals surface area contributed by atoms with Crippen LogP contribution in [-0.4, -0.2) is 53.2 Å². The molecule has 0 unspecified atom stereocenters. The van der Waals surface area contributed by atoms with Crippen LogP contribution in [0.4, 0.5) is 0 Å². The first-order valence-corrected chi connectivity index (χ1v) is 7.99. The molecule has 3 N–H and O–H groups in total. The number of hydrogen-bond acceptors (Lipinski definition) is 8. The van der Waals surface area contributed by atoms with Crippen molar-refractivity contribution >= 4 is 23.9 Å². The van der Waals surface area contributed by atoms with Gasteiger partial charge in [-0.1, -0.05) is 0 Å². The molecule has 1 aromatic rings. The molecule has 1 heterocycles. The van der Waals surface area contributed by atoms with Crippen molar-refractivity contribution in [3.05, 3.63) is 24.0 Å².